The van der Waals surface area contributed by atoms with Crippen LogP contribution in [0, 0.1) is 5.82 Å². The molecule has 0 heterocycles. The molecule has 0 saturated heterocycles. The van der Waals surface area contributed by atoms with Gasteiger partial charge in [0.15, 0.2) is 0 Å². The lowest BCUT2D eigenvalue weighted by molar-refractivity contribution is 0.623. The van der Waals surface area contributed by atoms with Crippen LogP contribution in [0.4, 0.5) is 4.39 Å². The SMILES string of the molecule is CNCCCNCc1ccc(F)c2ccccc12. The van der Waals surface area contributed by atoms with Crippen molar-refractivity contribution >= 4 is 10.8 Å². The molecule has 0 unspecified atom stereocenters. The second-order valence-corrected chi connectivity index (χ2v) is 4.39. The molecular formula is C15H19FN2. The second-order valence-electron chi connectivity index (χ2n) is 4.39. The van der Waals surface area contributed by atoms with Crippen molar-refractivity contribution in [1.29, 1.82) is 0 Å². The van der Waals surface area contributed by atoms with Gasteiger partial charge in [-0.15, -0.1) is 0 Å². The maximum atomic E-state index is 13.6. The van der Waals surface area contributed by atoms with Crippen molar-refractivity contribution in [2.24, 2.45) is 0 Å². The van der Waals surface area contributed by atoms with Crippen LogP contribution in [0.2, 0.25) is 0 Å². The molecule has 3 heteroatoms. The number of hydrogen-bond acceptors (Lipinski definition) is 2. The molecule has 0 aliphatic heterocycles. The number of halogens is 1. The minimum Gasteiger partial charge on any atom is -0.320 e. The Morgan fingerprint density at radius 1 is 1.00 bits per heavy atom. The minimum absolute atomic E-state index is 0.149. The zero-order valence-corrected chi connectivity index (χ0v) is 10.7. The molecule has 0 aromatic heterocycles. The van der Waals surface area contributed by atoms with Gasteiger partial charge in [0.25, 0.3) is 0 Å². The first-order valence-electron chi connectivity index (χ1n) is 6.34. The summed E-state index contributed by atoms with van der Waals surface area (Å²) in [7, 11) is 1.95. The standard InChI is InChI=1S/C15H19FN2/c1-17-9-4-10-18-11-12-7-8-15(16)14-6-3-2-5-13(12)14/h2-3,5-8,17-18H,4,9-11H2,1H3. The summed E-state index contributed by atoms with van der Waals surface area (Å²) in [6, 6.07) is 11.0. The summed E-state index contributed by atoms with van der Waals surface area (Å²) in [6.07, 6.45) is 1.09. The summed E-state index contributed by atoms with van der Waals surface area (Å²) in [6.45, 7) is 2.76. The van der Waals surface area contributed by atoms with E-state index in [1.165, 1.54) is 0 Å². The van der Waals surface area contributed by atoms with Crippen LogP contribution >= 0.6 is 0 Å². The van der Waals surface area contributed by atoms with Gasteiger partial charge in [-0.25, -0.2) is 4.39 Å². The highest BCUT2D eigenvalue weighted by Gasteiger charge is 2.04. The summed E-state index contributed by atoms with van der Waals surface area (Å²) in [4.78, 5) is 0. The average Bonchev–Trinajstić information content (AvgIpc) is 2.41. The van der Waals surface area contributed by atoms with Crippen molar-refractivity contribution in [3.63, 3.8) is 0 Å². The Balaban J connectivity index is 2.07. The second kappa shape index (κ2) is 6.47. The van der Waals surface area contributed by atoms with E-state index in [2.05, 4.69) is 10.6 Å². The van der Waals surface area contributed by atoms with Gasteiger partial charge in [-0.1, -0.05) is 30.3 Å². The zero-order valence-electron chi connectivity index (χ0n) is 10.7. The topological polar surface area (TPSA) is 24.1 Å². The Bertz CT molecular complexity index is 511. The summed E-state index contributed by atoms with van der Waals surface area (Å²) in [5.74, 6) is -0.149. The quantitative estimate of drug-likeness (QED) is 0.766. The molecule has 18 heavy (non-hydrogen) atoms. The Morgan fingerprint density at radius 2 is 1.78 bits per heavy atom. The molecule has 0 bridgehead atoms. The number of nitrogens with one attached hydrogen (secondary N) is 2. The van der Waals surface area contributed by atoms with E-state index in [0.29, 0.717) is 5.39 Å². The average molecular weight is 246 g/mol. The van der Waals surface area contributed by atoms with Crippen LogP contribution < -0.4 is 10.6 Å². The van der Waals surface area contributed by atoms with Crippen LogP contribution in [0.1, 0.15) is 12.0 Å². The lowest BCUT2D eigenvalue weighted by Gasteiger charge is -2.09. The van der Waals surface area contributed by atoms with Gasteiger partial charge >= 0.3 is 0 Å². The third-order valence-electron chi connectivity index (χ3n) is 3.06. The molecular weight excluding hydrogens is 227 g/mol. The normalized spacial score (nSPS) is 11.0. The van der Waals surface area contributed by atoms with Crippen molar-refractivity contribution in [2.45, 2.75) is 13.0 Å². The van der Waals surface area contributed by atoms with E-state index in [1.807, 2.05) is 37.4 Å². The number of benzene rings is 2. The fraction of sp³-hybridized carbons (Fsp3) is 0.333. The highest BCUT2D eigenvalue weighted by atomic mass is 19.1. The summed E-state index contributed by atoms with van der Waals surface area (Å²) < 4.78 is 13.6. The van der Waals surface area contributed by atoms with Crippen molar-refractivity contribution in [2.75, 3.05) is 20.1 Å². The number of rotatable bonds is 6. The van der Waals surface area contributed by atoms with Crippen LogP contribution in [-0.2, 0) is 6.54 Å². The van der Waals surface area contributed by atoms with Gasteiger partial charge in [-0.2, -0.15) is 0 Å². The van der Waals surface area contributed by atoms with Crippen LogP contribution in [0.5, 0.6) is 0 Å². The largest absolute Gasteiger partial charge is 0.320 e. The Kier molecular flexibility index (Phi) is 4.67. The fourth-order valence-electron chi connectivity index (χ4n) is 2.09. The maximum Gasteiger partial charge on any atom is 0.131 e. The predicted molar refractivity (Wildman–Crippen MR) is 74.2 cm³/mol. The molecule has 2 rings (SSSR count). The van der Waals surface area contributed by atoms with Crippen molar-refractivity contribution in [3.8, 4) is 0 Å². The molecule has 2 aromatic rings. The van der Waals surface area contributed by atoms with Gasteiger partial charge in [-0.3, -0.25) is 0 Å². The van der Waals surface area contributed by atoms with E-state index < -0.39 is 0 Å². The zero-order chi connectivity index (χ0) is 12.8. The summed E-state index contributed by atoms with van der Waals surface area (Å²) in [5.41, 5.74) is 1.15. The lowest BCUT2D eigenvalue weighted by atomic mass is 10.0. The lowest BCUT2D eigenvalue weighted by Crippen LogP contribution is -2.19. The molecule has 0 radical (unpaired) electrons. The van der Waals surface area contributed by atoms with Crippen molar-refractivity contribution < 1.29 is 4.39 Å². The van der Waals surface area contributed by atoms with Crippen LogP contribution in [0.3, 0.4) is 0 Å². The molecule has 96 valence electrons. The van der Waals surface area contributed by atoms with E-state index >= 15 is 0 Å². The first-order valence-corrected chi connectivity index (χ1v) is 6.34. The van der Waals surface area contributed by atoms with Gasteiger partial charge < -0.3 is 10.6 Å². The van der Waals surface area contributed by atoms with E-state index in [4.69, 9.17) is 0 Å². The first-order chi connectivity index (χ1) is 8.83. The third kappa shape index (κ3) is 3.06. The van der Waals surface area contributed by atoms with Crippen LogP contribution in [-0.4, -0.2) is 20.1 Å². The molecule has 2 nitrogen and oxygen atoms in total. The molecule has 0 amide bonds. The molecule has 0 spiro atoms. The molecule has 0 fully saturated rings. The van der Waals surface area contributed by atoms with Crippen LogP contribution in [0.25, 0.3) is 10.8 Å². The molecule has 2 N–H and O–H groups in total. The third-order valence-corrected chi connectivity index (χ3v) is 3.06. The molecule has 0 aliphatic rings. The smallest absolute Gasteiger partial charge is 0.131 e. The van der Waals surface area contributed by atoms with Gasteiger partial charge in [0.2, 0.25) is 0 Å². The van der Waals surface area contributed by atoms with E-state index in [9.17, 15) is 4.39 Å². The molecule has 0 atom stereocenters. The van der Waals surface area contributed by atoms with Gasteiger partial charge in [0.1, 0.15) is 5.82 Å². The Hall–Kier alpha value is -1.45. The predicted octanol–water partition coefficient (Wildman–Crippen LogP) is 2.68. The van der Waals surface area contributed by atoms with Gasteiger partial charge in [-0.05, 0) is 43.6 Å². The van der Waals surface area contributed by atoms with Crippen LogP contribution in [0.15, 0.2) is 36.4 Å². The highest BCUT2D eigenvalue weighted by Crippen LogP contribution is 2.21. The van der Waals surface area contributed by atoms with Crippen molar-refractivity contribution in [1.82, 2.24) is 10.6 Å². The first kappa shape index (κ1) is 13.0. The summed E-state index contributed by atoms with van der Waals surface area (Å²) >= 11 is 0. The molecule has 2 aromatic carbocycles. The Morgan fingerprint density at radius 3 is 2.56 bits per heavy atom. The summed E-state index contributed by atoms with van der Waals surface area (Å²) in [5, 5.41) is 8.20. The number of fused-ring (bicyclic) bond motifs is 1. The minimum atomic E-state index is -0.149. The monoisotopic (exact) mass is 246 g/mol. The van der Waals surface area contributed by atoms with Gasteiger partial charge in [0, 0.05) is 11.9 Å². The van der Waals surface area contributed by atoms with E-state index in [0.717, 1.165) is 37.0 Å². The highest BCUT2D eigenvalue weighted by molar-refractivity contribution is 5.86. The van der Waals surface area contributed by atoms with E-state index in [1.54, 1.807) is 6.07 Å². The Labute approximate surface area is 107 Å². The molecule has 0 saturated carbocycles. The number of hydrogen-bond donors (Lipinski definition) is 2. The van der Waals surface area contributed by atoms with Crippen molar-refractivity contribution in [3.05, 3.63) is 47.8 Å². The van der Waals surface area contributed by atoms with Gasteiger partial charge in [0.05, 0.1) is 0 Å². The maximum absolute atomic E-state index is 13.6. The fourth-order valence-corrected chi connectivity index (χ4v) is 2.09. The molecule has 0 aliphatic carbocycles. The van der Waals surface area contributed by atoms with E-state index in [-0.39, 0.29) is 5.82 Å².